The number of hydrogen-bond acceptors (Lipinski definition) is 2. The van der Waals surface area contributed by atoms with Gasteiger partial charge in [-0.25, -0.2) is 0 Å². The standard InChI is InChI=1S/C13H17BrN2O/c1-8-2-3-10(6-11(8)14)13(17)16-12(7-15)9-4-5-9/h2-3,6,9,12H,4-5,7,15H2,1H3,(H,16,17). The van der Waals surface area contributed by atoms with Gasteiger partial charge >= 0.3 is 0 Å². The Morgan fingerprint density at radius 2 is 2.29 bits per heavy atom. The van der Waals surface area contributed by atoms with E-state index in [-0.39, 0.29) is 11.9 Å². The van der Waals surface area contributed by atoms with Crippen LogP contribution < -0.4 is 11.1 Å². The van der Waals surface area contributed by atoms with Crippen molar-refractivity contribution in [3.8, 4) is 0 Å². The van der Waals surface area contributed by atoms with Gasteiger partial charge < -0.3 is 11.1 Å². The van der Waals surface area contributed by atoms with E-state index in [0.717, 1.165) is 10.0 Å². The van der Waals surface area contributed by atoms with E-state index in [0.29, 0.717) is 18.0 Å². The second-order valence-corrected chi connectivity index (χ2v) is 5.47. The SMILES string of the molecule is Cc1ccc(C(=O)NC(CN)C2CC2)cc1Br. The highest BCUT2D eigenvalue weighted by Crippen LogP contribution is 2.32. The summed E-state index contributed by atoms with van der Waals surface area (Å²) in [6, 6.07) is 5.76. The highest BCUT2D eigenvalue weighted by molar-refractivity contribution is 9.10. The van der Waals surface area contributed by atoms with Crippen molar-refractivity contribution in [2.45, 2.75) is 25.8 Å². The van der Waals surface area contributed by atoms with Crippen LogP contribution in [0.5, 0.6) is 0 Å². The summed E-state index contributed by atoms with van der Waals surface area (Å²) in [5, 5.41) is 3.01. The molecule has 1 saturated carbocycles. The number of hydrogen-bond donors (Lipinski definition) is 2. The zero-order valence-corrected chi connectivity index (χ0v) is 11.5. The fraction of sp³-hybridized carbons (Fsp3) is 0.462. The summed E-state index contributed by atoms with van der Waals surface area (Å²) < 4.78 is 0.959. The van der Waals surface area contributed by atoms with Gasteiger partial charge in [-0.2, -0.15) is 0 Å². The maximum absolute atomic E-state index is 12.0. The molecule has 1 aliphatic rings. The Kier molecular flexibility index (Phi) is 3.84. The number of rotatable bonds is 4. The molecular weight excluding hydrogens is 280 g/mol. The second-order valence-electron chi connectivity index (χ2n) is 4.62. The molecule has 3 nitrogen and oxygen atoms in total. The number of halogens is 1. The minimum Gasteiger partial charge on any atom is -0.348 e. The first kappa shape index (κ1) is 12.6. The Labute approximate surface area is 110 Å². The van der Waals surface area contributed by atoms with Gasteiger partial charge in [0.25, 0.3) is 5.91 Å². The molecule has 17 heavy (non-hydrogen) atoms. The van der Waals surface area contributed by atoms with Gasteiger partial charge in [-0.1, -0.05) is 22.0 Å². The van der Waals surface area contributed by atoms with E-state index in [9.17, 15) is 4.79 Å². The third kappa shape index (κ3) is 3.07. The number of amides is 1. The maximum Gasteiger partial charge on any atom is 0.251 e. The van der Waals surface area contributed by atoms with Crippen LogP contribution in [-0.2, 0) is 0 Å². The molecule has 2 rings (SSSR count). The van der Waals surface area contributed by atoms with Crippen molar-refractivity contribution in [2.24, 2.45) is 11.7 Å². The van der Waals surface area contributed by atoms with E-state index in [1.807, 2.05) is 25.1 Å². The van der Waals surface area contributed by atoms with Crippen LogP contribution in [-0.4, -0.2) is 18.5 Å². The summed E-state index contributed by atoms with van der Waals surface area (Å²) in [5.41, 5.74) is 7.48. The molecular formula is C13H17BrN2O. The normalized spacial score (nSPS) is 16.6. The number of aryl methyl sites for hydroxylation is 1. The molecule has 0 bridgehead atoms. The van der Waals surface area contributed by atoms with Crippen LogP contribution in [0, 0.1) is 12.8 Å². The number of nitrogens with one attached hydrogen (secondary N) is 1. The van der Waals surface area contributed by atoms with Gasteiger partial charge in [0, 0.05) is 22.6 Å². The Balaban J connectivity index is 2.05. The molecule has 0 aromatic heterocycles. The van der Waals surface area contributed by atoms with Crippen molar-refractivity contribution in [3.63, 3.8) is 0 Å². The van der Waals surface area contributed by atoms with Crippen molar-refractivity contribution in [1.82, 2.24) is 5.32 Å². The highest BCUT2D eigenvalue weighted by atomic mass is 79.9. The largest absolute Gasteiger partial charge is 0.348 e. The fourth-order valence-corrected chi connectivity index (χ4v) is 2.23. The van der Waals surface area contributed by atoms with Gasteiger partial charge in [0.15, 0.2) is 0 Å². The van der Waals surface area contributed by atoms with Gasteiger partial charge in [0.05, 0.1) is 0 Å². The molecule has 1 amide bonds. The maximum atomic E-state index is 12.0. The lowest BCUT2D eigenvalue weighted by Crippen LogP contribution is -2.41. The lowest BCUT2D eigenvalue weighted by Gasteiger charge is -2.16. The summed E-state index contributed by atoms with van der Waals surface area (Å²) in [6.07, 6.45) is 2.36. The average Bonchev–Trinajstić information content (AvgIpc) is 3.13. The summed E-state index contributed by atoms with van der Waals surface area (Å²) in [6.45, 7) is 2.52. The van der Waals surface area contributed by atoms with Gasteiger partial charge in [-0.15, -0.1) is 0 Å². The van der Waals surface area contributed by atoms with E-state index in [1.54, 1.807) is 0 Å². The molecule has 1 aliphatic carbocycles. The molecule has 0 saturated heterocycles. The Morgan fingerprint density at radius 1 is 1.59 bits per heavy atom. The van der Waals surface area contributed by atoms with Gasteiger partial charge in [0.1, 0.15) is 0 Å². The second kappa shape index (κ2) is 5.19. The van der Waals surface area contributed by atoms with E-state index in [1.165, 1.54) is 12.8 Å². The fourth-order valence-electron chi connectivity index (χ4n) is 1.85. The van der Waals surface area contributed by atoms with Gasteiger partial charge in [0.2, 0.25) is 0 Å². The molecule has 1 aromatic rings. The summed E-state index contributed by atoms with van der Waals surface area (Å²) in [4.78, 5) is 12.0. The molecule has 1 atom stereocenters. The molecule has 4 heteroatoms. The van der Waals surface area contributed by atoms with E-state index in [2.05, 4.69) is 21.2 Å². The van der Waals surface area contributed by atoms with Crippen molar-refractivity contribution in [1.29, 1.82) is 0 Å². The quantitative estimate of drug-likeness (QED) is 0.895. The first-order valence-corrected chi connectivity index (χ1v) is 6.68. The van der Waals surface area contributed by atoms with Crippen molar-refractivity contribution >= 4 is 21.8 Å². The highest BCUT2D eigenvalue weighted by Gasteiger charge is 2.31. The van der Waals surface area contributed by atoms with E-state index >= 15 is 0 Å². The van der Waals surface area contributed by atoms with E-state index < -0.39 is 0 Å². The van der Waals surface area contributed by atoms with Crippen LogP contribution >= 0.6 is 15.9 Å². The third-order valence-corrected chi connectivity index (χ3v) is 4.05. The molecule has 0 spiro atoms. The van der Waals surface area contributed by atoms with Gasteiger partial charge in [-0.3, -0.25) is 4.79 Å². The average molecular weight is 297 g/mol. The van der Waals surface area contributed by atoms with Crippen LogP contribution in [0.4, 0.5) is 0 Å². The Hall–Kier alpha value is -0.870. The smallest absolute Gasteiger partial charge is 0.251 e. The van der Waals surface area contributed by atoms with Crippen LogP contribution in [0.25, 0.3) is 0 Å². The molecule has 92 valence electrons. The lowest BCUT2D eigenvalue weighted by atomic mass is 10.1. The van der Waals surface area contributed by atoms with Gasteiger partial charge in [-0.05, 0) is 43.4 Å². The predicted molar refractivity (Wildman–Crippen MR) is 71.9 cm³/mol. The van der Waals surface area contributed by atoms with Crippen LogP contribution in [0.1, 0.15) is 28.8 Å². The molecule has 0 heterocycles. The van der Waals surface area contributed by atoms with Crippen LogP contribution in [0.3, 0.4) is 0 Å². The zero-order chi connectivity index (χ0) is 12.4. The number of carbonyl (C=O) groups excluding carboxylic acids is 1. The Morgan fingerprint density at radius 3 is 2.82 bits per heavy atom. The van der Waals surface area contributed by atoms with Crippen molar-refractivity contribution in [3.05, 3.63) is 33.8 Å². The molecule has 0 aliphatic heterocycles. The number of carbonyl (C=O) groups is 1. The lowest BCUT2D eigenvalue weighted by molar-refractivity contribution is 0.0933. The topological polar surface area (TPSA) is 55.1 Å². The summed E-state index contributed by atoms with van der Waals surface area (Å²) >= 11 is 3.43. The molecule has 1 fully saturated rings. The Bertz CT molecular complexity index is 429. The number of nitrogens with two attached hydrogens (primary N) is 1. The number of benzene rings is 1. The van der Waals surface area contributed by atoms with E-state index in [4.69, 9.17) is 5.73 Å². The monoisotopic (exact) mass is 296 g/mol. The minimum absolute atomic E-state index is 0.0342. The molecule has 1 unspecified atom stereocenters. The first-order valence-electron chi connectivity index (χ1n) is 5.89. The minimum atomic E-state index is -0.0342. The zero-order valence-electron chi connectivity index (χ0n) is 9.87. The van der Waals surface area contributed by atoms with Crippen LogP contribution in [0.2, 0.25) is 0 Å². The van der Waals surface area contributed by atoms with Crippen molar-refractivity contribution < 1.29 is 4.79 Å². The summed E-state index contributed by atoms with van der Waals surface area (Å²) in [7, 11) is 0. The third-order valence-electron chi connectivity index (χ3n) is 3.20. The summed E-state index contributed by atoms with van der Waals surface area (Å²) in [5.74, 6) is 0.547. The molecule has 3 N–H and O–H groups in total. The van der Waals surface area contributed by atoms with Crippen LogP contribution in [0.15, 0.2) is 22.7 Å². The molecule has 0 radical (unpaired) electrons. The predicted octanol–water partition coefficient (Wildman–Crippen LogP) is 2.22. The molecule has 1 aromatic carbocycles. The first-order chi connectivity index (χ1) is 8.11. The van der Waals surface area contributed by atoms with Crippen molar-refractivity contribution in [2.75, 3.05) is 6.54 Å².